The number of aromatic nitrogens is 2. The largest absolute Gasteiger partial charge is 0.491 e. The zero-order valence-corrected chi connectivity index (χ0v) is 18.4. The third-order valence-corrected chi connectivity index (χ3v) is 5.85. The van der Waals surface area contributed by atoms with Crippen LogP contribution in [-0.4, -0.2) is 21.6 Å². The zero-order valence-electron chi connectivity index (χ0n) is 17.6. The predicted molar refractivity (Wildman–Crippen MR) is 122 cm³/mol. The lowest BCUT2D eigenvalue weighted by Crippen LogP contribution is -2.23. The highest BCUT2D eigenvalue weighted by Gasteiger charge is 2.22. The Morgan fingerprint density at radius 3 is 2.53 bits per heavy atom. The van der Waals surface area contributed by atoms with Crippen LogP contribution >= 0.6 is 11.3 Å². The van der Waals surface area contributed by atoms with Gasteiger partial charge >= 0.3 is 0 Å². The summed E-state index contributed by atoms with van der Waals surface area (Å²) < 4.78 is 7.68. The monoisotopic (exact) mass is 419 g/mol. The number of ether oxygens (including phenoxy) is 1. The van der Waals surface area contributed by atoms with Gasteiger partial charge in [0, 0.05) is 30.0 Å². The minimum Gasteiger partial charge on any atom is -0.491 e. The number of nitrogens with one attached hydrogen (secondary N) is 1. The van der Waals surface area contributed by atoms with E-state index in [-0.39, 0.29) is 12.0 Å². The fourth-order valence-corrected chi connectivity index (χ4v) is 4.74. The van der Waals surface area contributed by atoms with Gasteiger partial charge in [-0.2, -0.15) is 0 Å². The molecule has 0 aliphatic rings. The molecule has 0 radical (unpaired) electrons. The number of aryl methyl sites for hydroxylation is 2. The third-order valence-electron chi connectivity index (χ3n) is 4.78. The number of pyridine rings is 1. The first-order valence-corrected chi connectivity index (χ1v) is 10.8. The molecule has 5 nitrogen and oxygen atoms in total. The average molecular weight is 420 g/mol. The number of rotatable bonds is 6. The topological polar surface area (TPSA) is 56.2 Å². The van der Waals surface area contributed by atoms with Crippen LogP contribution in [0.15, 0.2) is 54.9 Å². The number of thiophene rings is 1. The van der Waals surface area contributed by atoms with Gasteiger partial charge < -0.3 is 14.6 Å². The molecular weight excluding hydrogens is 394 g/mol. The molecule has 6 heteroatoms. The minimum absolute atomic E-state index is 0.0961. The number of benzene rings is 1. The van der Waals surface area contributed by atoms with E-state index in [9.17, 15) is 4.79 Å². The van der Waals surface area contributed by atoms with E-state index in [0.29, 0.717) is 11.4 Å². The van der Waals surface area contributed by atoms with Crippen molar-refractivity contribution >= 4 is 27.5 Å². The first-order chi connectivity index (χ1) is 14.4. The normalized spacial score (nSPS) is 11.2. The number of hydrogen-bond acceptors (Lipinski definition) is 4. The van der Waals surface area contributed by atoms with E-state index in [1.54, 1.807) is 0 Å². The van der Waals surface area contributed by atoms with Crippen molar-refractivity contribution < 1.29 is 9.53 Å². The molecule has 0 atom stereocenters. The van der Waals surface area contributed by atoms with Crippen LogP contribution in [0.1, 0.15) is 40.3 Å². The van der Waals surface area contributed by atoms with Crippen LogP contribution < -0.4 is 10.1 Å². The van der Waals surface area contributed by atoms with E-state index in [0.717, 1.165) is 38.5 Å². The van der Waals surface area contributed by atoms with Crippen LogP contribution in [0, 0.1) is 13.8 Å². The van der Waals surface area contributed by atoms with Gasteiger partial charge in [-0.25, -0.2) is 4.98 Å². The molecule has 0 unspecified atom stereocenters. The Balaban J connectivity index is 1.62. The van der Waals surface area contributed by atoms with Gasteiger partial charge in [0.05, 0.1) is 11.8 Å². The molecule has 1 amide bonds. The summed E-state index contributed by atoms with van der Waals surface area (Å²) >= 11 is 1.44. The van der Waals surface area contributed by atoms with Crippen LogP contribution in [0.25, 0.3) is 15.9 Å². The molecule has 0 saturated heterocycles. The van der Waals surface area contributed by atoms with E-state index in [4.69, 9.17) is 4.74 Å². The van der Waals surface area contributed by atoms with Gasteiger partial charge in [0.15, 0.2) is 0 Å². The number of fused-ring (bicyclic) bond motifs is 1. The highest BCUT2D eigenvalue weighted by molar-refractivity contribution is 7.21. The van der Waals surface area contributed by atoms with E-state index in [1.165, 1.54) is 11.3 Å². The summed E-state index contributed by atoms with van der Waals surface area (Å²) in [7, 11) is 0. The molecule has 154 valence electrons. The number of hydrogen-bond donors (Lipinski definition) is 1. The van der Waals surface area contributed by atoms with Gasteiger partial charge in [-0.05, 0) is 69.2 Å². The third kappa shape index (κ3) is 4.09. The maximum Gasteiger partial charge on any atom is 0.263 e. The van der Waals surface area contributed by atoms with Crippen molar-refractivity contribution in [3.8, 4) is 11.4 Å². The average Bonchev–Trinajstić information content (AvgIpc) is 3.34. The maximum absolute atomic E-state index is 13.1. The zero-order chi connectivity index (χ0) is 21.3. The molecule has 3 heterocycles. The van der Waals surface area contributed by atoms with Gasteiger partial charge in [-0.3, -0.25) is 4.79 Å². The molecule has 0 aliphatic carbocycles. The van der Waals surface area contributed by atoms with Gasteiger partial charge in [0.2, 0.25) is 0 Å². The van der Waals surface area contributed by atoms with E-state index in [2.05, 4.69) is 23.3 Å². The van der Waals surface area contributed by atoms with Gasteiger partial charge in [-0.15, -0.1) is 11.3 Å². The highest BCUT2D eigenvalue weighted by Crippen LogP contribution is 2.35. The molecule has 0 spiro atoms. The maximum atomic E-state index is 13.1. The van der Waals surface area contributed by atoms with Gasteiger partial charge in [-0.1, -0.05) is 12.1 Å². The van der Waals surface area contributed by atoms with Crippen molar-refractivity contribution in [3.05, 3.63) is 76.6 Å². The van der Waals surface area contributed by atoms with Crippen molar-refractivity contribution in [2.75, 3.05) is 0 Å². The van der Waals surface area contributed by atoms with E-state index in [1.807, 2.05) is 74.1 Å². The van der Waals surface area contributed by atoms with E-state index < -0.39 is 0 Å². The Kier molecular flexibility index (Phi) is 5.59. The van der Waals surface area contributed by atoms with Crippen LogP contribution in [0.2, 0.25) is 0 Å². The second-order valence-corrected chi connectivity index (χ2v) is 8.62. The fraction of sp³-hybridized carbons (Fsp3) is 0.250. The smallest absolute Gasteiger partial charge is 0.263 e. The lowest BCUT2D eigenvalue weighted by Gasteiger charge is -2.11. The predicted octanol–water partition coefficient (Wildman–Crippen LogP) is 5.42. The van der Waals surface area contributed by atoms with Gasteiger partial charge in [0.25, 0.3) is 5.91 Å². The summed E-state index contributed by atoms with van der Waals surface area (Å²) in [4.78, 5) is 19.4. The Labute approximate surface area is 180 Å². The lowest BCUT2D eigenvalue weighted by atomic mass is 10.1. The Morgan fingerprint density at radius 2 is 1.87 bits per heavy atom. The van der Waals surface area contributed by atoms with Crippen molar-refractivity contribution in [1.29, 1.82) is 0 Å². The van der Waals surface area contributed by atoms with Gasteiger partial charge in [0.1, 0.15) is 15.5 Å². The molecule has 1 aromatic carbocycles. The number of nitrogens with zero attached hydrogens (tertiary/aromatic N) is 2. The van der Waals surface area contributed by atoms with Crippen LogP contribution in [0.5, 0.6) is 5.75 Å². The molecule has 0 aliphatic heterocycles. The number of amides is 1. The standard InChI is InChI=1S/C24H25N3O2S/c1-15(2)29-19-9-7-18(8-10-19)14-25-23(28)22-21(27-11-5-6-12-27)20-16(3)13-17(4)26-24(20)30-22/h5-13,15H,14H2,1-4H3,(H,25,28). The highest BCUT2D eigenvalue weighted by atomic mass is 32.1. The van der Waals surface area contributed by atoms with Crippen LogP contribution in [0.4, 0.5) is 0 Å². The SMILES string of the molecule is Cc1cc(C)c2c(-n3cccc3)c(C(=O)NCc3ccc(OC(C)C)cc3)sc2n1. The van der Waals surface area contributed by atoms with Crippen molar-refractivity contribution in [1.82, 2.24) is 14.9 Å². The molecule has 1 N–H and O–H groups in total. The molecule has 30 heavy (non-hydrogen) atoms. The Morgan fingerprint density at radius 1 is 1.17 bits per heavy atom. The van der Waals surface area contributed by atoms with Crippen molar-refractivity contribution in [3.63, 3.8) is 0 Å². The summed E-state index contributed by atoms with van der Waals surface area (Å²) in [5.74, 6) is 0.734. The summed E-state index contributed by atoms with van der Waals surface area (Å²) in [5.41, 5.74) is 3.99. The molecule has 0 saturated carbocycles. The fourth-order valence-electron chi connectivity index (χ4n) is 3.53. The second-order valence-electron chi connectivity index (χ2n) is 7.62. The molecule has 0 bridgehead atoms. The molecular formula is C24H25N3O2S. The summed E-state index contributed by atoms with van der Waals surface area (Å²) in [6, 6.07) is 13.8. The molecule has 0 fully saturated rings. The molecule has 4 rings (SSSR count). The summed E-state index contributed by atoms with van der Waals surface area (Å²) in [6.45, 7) is 8.50. The van der Waals surface area contributed by atoms with Crippen LogP contribution in [-0.2, 0) is 6.54 Å². The Hall–Kier alpha value is -3.12. The second kappa shape index (κ2) is 8.32. The molecule has 3 aromatic heterocycles. The Bertz CT molecular complexity index is 1180. The first-order valence-electron chi connectivity index (χ1n) is 10.00. The summed E-state index contributed by atoms with van der Waals surface area (Å²) in [5, 5.41) is 4.09. The summed E-state index contributed by atoms with van der Waals surface area (Å²) in [6.07, 6.45) is 4.06. The van der Waals surface area contributed by atoms with Crippen molar-refractivity contribution in [2.45, 2.75) is 40.3 Å². The molecule has 4 aromatic rings. The number of carbonyl (C=O) groups excluding carboxylic acids is 1. The minimum atomic E-state index is -0.0961. The van der Waals surface area contributed by atoms with Crippen LogP contribution in [0.3, 0.4) is 0 Å². The number of carbonyl (C=O) groups is 1. The lowest BCUT2D eigenvalue weighted by molar-refractivity contribution is 0.0955. The van der Waals surface area contributed by atoms with Crippen molar-refractivity contribution in [2.24, 2.45) is 0 Å². The van der Waals surface area contributed by atoms with E-state index >= 15 is 0 Å². The first kappa shape index (κ1) is 20.2. The quantitative estimate of drug-likeness (QED) is 0.454.